The van der Waals surface area contributed by atoms with E-state index in [-0.39, 0.29) is 5.25 Å². The minimum atomic E-state index is -0.792. The molecule has 1 heterocycles. The first-order chi connectivity index (χ1) is 7.50. The number of rotatable bonds is 5. The Hall–Kier alpha value is -0.320. The lowest BCUT2D eigenvalue weighted by Crippen LogP contribution is -2.15. The molecule has 1 aromatic heterocycles. The van der Waals surface area contributed by atoms with E-state index in [0.717, 1.165) is 6.42 Å². The molecule has 0 aromatic carbocycles. The maximum absolute atomic E-state index is 11.1. The minimum absolute atomic E-state index is 0.165. The topological polar surface area (TPSA) is 42.0 Å². The highest BCUT2D eigenvalue weighted by molar-refractivity contribution is 7.84. The Morgan fingerprint density at radius 2 is 2.25 bits per heavy atom. The van der Waals surface area contributed by atoms with E-state index < -0.39 is 10.8 Å². The van der Waals surface area contributed by atoms with Crippen molar-refractivity contribution in [1.29, 1.82) is 0 Å². The second kappa shape index (κ2) is 6.42. The molecule has 3 nitrogen and oxygen atoms in total. The molecule has 0 spiro atoms. The molecule has 0 aliphatic heterocycles. The predicted molar refractivity (Wildman–Crippen MR) is 70.9 cm³/mol. The van der Waals surface area contributed by atoms with Crippen LogP contribution in [0.5, 0.6) is 0 Å². The Labute approximate surface area is 108 Å². The van der Waals surface area contributed by atoms with Gasteiger partial charge in [0.05, 0.1) is 10.0 Å². The summed E-state index contributed by atoms with van der Waals surface area (Å²) in [7, 11) is -0.792. The van der Waals surface area contributed by atoms with E-state index in [9.17, 15) is 4.21 Å². The van der Waals surface area contributed by atoms with Crippen molar-refractivity contribution in [2.24, 2.45) is 0 Å². The smallest absolute Gasteiger partial charge is 0.144 e. The van der Waals surface area contributed by atoms with Crippen LogP contribution in [0.1, 0.15) is 13.3 Å². The van der Waals surface area contributed by atoms with Crippen LogP contribution in [0.25, 0.3) is 0 Å². The Kier molecular flexibility index (Phi) is 5.52. The maximum Gasteiger partial charge on any atom is 0.144 e. The first-order valence-corrected chi connectivity index (χ1v) is 7.25. The fourth-order valence-electron chi connectivity index (χ4n) is 1.10. The molecule has 0 bridgehead atoms. The van der Waals surface area contributed by atoms with Crippen LogP contribution >= 0.6 is 23.2 Å². The quantitative estimate of drug-likeness (QED) is 0.902. The third-order valence-corrected chi connectivity index (χ3v) is 4.08. The van der Waals surface area contributed by atoms with Crippen LogP contribution in [0.15, 0.2) is 12.3 Å². The van der Waals surface area contributed by atoms with Gasteiger partial charge in [-0.25, -0.2) is 4.98 Å². The van der Waals surface area contributed by atoms with Gasteiger partial charge in [-0.2, -0.15) is 0 Å². The maximum atomic E-state index is 11.1. The van der Waals surface area contributed by atoms with Crippen LogP contribution in [0.4, 0.5) is 5.82 Å². The first kappa shape index (κ1) is 13.7. The number of nitrogens with zero attached hydrogens (tertiary/aromatic N) is 1. The molecule has 1 aromatic rings. The molecule has 1 rings (SSSR count). The van der Waals surface area contributed by atoms with Gasteiger partial charge in [0.2, 0.25) is 0 Å². The van der Waals surface area contributed by atoms with Gasteiger partial charge in [0.25, 0.3) is 0 Å². The van der Waals surface area contributed by atoms with Crippen molar-refractivity contribution in [3.8, 4) is 0 Å². The molecule has 2 atom stereocenters. The molecule has 16 heavy (non-hydrogen) atoms. The summed E-state index contributed by atoms with van der Waals surface area (Å²) >= 11 is 11.7. The normalized spacial score (nSPS) is 14.5. The highest BCUT2D eigenvalue weighted by Crippen LogP contribution is 2.22. The van der Waals surface area contributed by atoms with Crippen LogP contribution in [0.3, 0.4) is 0 Å². The molecule has 0 amide bonds. The summed E-state index contributed by atoms with van der Waals surface area (Å²) in [5.74, 6) is 0.611. The predicted octanol–water partition coefficient (Wildman–Crippen LogP) is 2.96. The van der Waals surface area contributed by atoms with Gasteiger partial charge in [0.15, 0.2) is 0 Å². The molecule has 2 unspecified atom stereocenters. The lowest BCUT2D eigenvalue weighted by Gasteiger charge is -2.10. The van der Waals surface area contributed by atoms with Crippen LogP contribution in [0, 0.1) is 0 Å². The number of pyridine rings is 1. The number of aromatic nitrogens is 1. The van der Waals surface area contributed by atoms with Gasteiger partial charge in [0.1, 0.15) is 5.82 Å². The minimum Gasteiger partial charge on any atom is -0.369 e. The van der Waals surface area contributed by atoms with Gasteiger partial charge in [-0.05, 0) is 12.5 Å². The molecule has 6 heteroatoms. The van der Waals surface area contributed by atoms with E-state index in [2.05, 4.69) is 10.3 Å². The molecule has 0 saturated carbocycles. The summed E-state index contributed by atoms with van der Waals surface area (Å²) in [5, 5.41) is 4.27. The van der Waals surface area contributed by atoms with Crippen molar-refractivity contribution >= 4 is 39.8 Å². The van der Waals surface area contributed by atoms with Crippen molar-refractivity contribution in [2.45, 2.75) is 18.6 Å². The van der Waals surface area contributed by atoms with Crippen molar-refractivity contribution in [3.05, 3.63) is 22.3 Å². The van der Waals surface area contributed by atoms with E-state index in [4.69, 9.17) is 23.2 Å². The lowest BCUT2D eigenvalue weighted by molar-refractivity contribution is 0.672. The van der Waals surface area contributed by atoms with Crippen molar-refractivity contribution < 1.29 is 4.21 Å². The largest absolute Gasteiger partial charge is 0.369 e. The zero-order valence-electron chi connectivity index (χ0n) is 9.17. The van der Waals surface area contributed by atoms with E-state index in [1.165, 1.54) is 6.20 Å². The molecule has 90 valence electrons. The molecule has 0 radical (unpaired) electrons. The molecule has 1 N–H and O–H groups in total. The number of hydrogen-bond donors (Lipinski definition) is 1. The average Bonchev–Trinajstić information content (AvgIpc) is 2.20. The number of anilines is 1. The van der Waals surface area contributed by atoms with Crippen molar-refractivity contribution in [2.75, 3.05) is 18.1 Å². The summed E-state index contributed by atoms with van der Waals surface area (Å²) in [6, 6.07) is 1.64. The summed E-state index contributed by atoms with van der Waals surface area (Å²) in [5.41, 5.74) is 0. The van der Waals surface area contributed by atoms with Crippen LogP contribution < -0.4 is 5.32 Å². The zero-order valence-corrected chi connectivity index (χ0v) is 11.5. The van der Waals surface area contributed by atoms with Crippen LogP contribution in [0.2, 0.25) is 10.0 Å². The van der Waals surface area contributed by atoms with Crippen molar-refractivity contribution in [1.82, 2.24) is 4.98 Å². The van der Waals surface area contributed by atoms with Gasteiger partial charge >= 0.3 is 0 Å². The fourth-order valence-corrected chi connectivity index (χ4v) is 2.00. The Morgan fingerprint density at radius 1 is 1.56 bits per heavy atom. The molecular weight excluding hydrogens is 267 g/mol. The zero-order chi connectivity index (χ0) is 12.1. The van der Waals surface area contributed by atoms with E-state index in [0.29, 0.717) is 22.4 Å². The summed E-state index contributed by atoms with van der Waals surface area (Å²) in [6.07, 6.45) is 4.05. The van der Waals surface area contributed by atoms with E-state index in [1.54, 1.807) is 12.3 Å². The van der Waals surface area contributed by atoms with E-state index in [1.807, 2.05) is 6.92 Å². The summed E-state index contributed by atoms with van der Waals surface area (Å²) in [6.45, 7) is 2.64. The average molecular weight is 281 g/mol. The monoisotopic (exact) mass is 280 g/mol. The second-order valence-corrected chi connectivity index (χ2v) is 6.15. The second-order valence-electron chi connectivity index (χ2n) is 3.51. The highest BCUT2D eigenvalue weighted by atomic mass is 35.5. The van der Waals surface area contributed by atoms with Gasteiger partial charge < -0.3 is 5.32 Å². The fraction of sp³-hybridized carbons (Fsp3) is 0.500. The molecular formula is C10H14Cl2N2OS. The third-order valence-electron chi connectivity index (χ3n) is 2.22. The van der Waals surface area contributed by atoms with Gasteiger partial charge in [0, 0.05) is 35.0 Å². The lowest BCUT2D eigenvalue weighted by atomic mass is 10.3. The SMILES string of the molecule is CC(CCNc1ncc(Cl)cc1Cl)S(C)=O. The highest BCUT2D eigenvalue weighted by Gasteiger charge is 2.07. The Morgan fingerprint density at radius 3 is 2.81 bits per heavy atom. The first-order valence-electron chi connectivity index (χ1n) is 4.88. The molecule has 0 aliphatic carbocycles. The number of hydrogen-bond acceptors (Lipinski definition) is 3. The third kappa shape index (κ3) is 4.28. The number of nitrogens with one attached hydrogen (secondary N) is 1. The Balaban J connectivity index is 2.46. The van der Waals surface area contributed by atoms with Crippen LogP contribution in [-0.4, -0.2) is 27.2 Å². The molecule has 0 saturated heterocycles. The van der Waals surface area contributed by atoms with Gasteiger partial charge in [-0.15, -0.1) is 0 Å². The Bertz CT molecular complexity index is 387. The molecule has 0 fully saturated rings. The van der Waals surface area contributed by atoms with Gasteiger partial charge in [-0.1, -0.05) is 30.1 Å². The van der Waals surface area contributed by atoms with Crippen LogP contribution in [-0.2, 0) is 10.8 Å². The van der Waals surface area contributed by atoms with Gasteiger partial charge in [-0.3, -0.25) is 4.21 Å². The number of halogens is 2. The van der Waals surface area contributed by atoms with E-state index >= 15 is 0 Å². The van der Waals surface area contributed by atoms with Crippen molar-refractivity contribution in [3.63, 3.8) is 0 Å². The standard InChI is InChI=1S/C10H14Cl2N2OS/c1-7(16(2)15)3-4-13-10-9(12)5-8(11)6-14-10/h5-7H,3-4H2,1-2H3,(H,13,14). The summed E-state index contributed by atoms with van der Waals surface area (Å²) < 4.78 is 11.1. The summed E-state index contributed by atoms with van der Waals surface area (Å²) in [4.78, 5) is 4.07. The molecule has 0 aliphatic rings.